The zero-order chi connectivity index (χ0) is 19.8. The van der Waals surface area contributed by atoms with Crippen LogP contribution in [0.2, 0.25) is 0 Å². The van der Waals surface area contributed by atoms with Crippen molar-refractivity contribution in [2.24, 2.45) is 10.9 Å². The van der Waals surface area contributed by atoms with Crippen LogP contribution in [0.3, 0.4) is 0 Å². The van der Waals surface area contributed by atoms with E-state index in [0.29, 0.717) is 5.92 Å². The molecule has 1 aromatic heterocycles. The first-order valence-electron chi connectivity index (χ1n) is 9.91. The van der Waals surface area contributed by atoms with E-state index in [1.165, 1.54) is 10.4 Å². The molecule has 1 amide bonds. The molecule has 1 atom stereocenters. The van der Waals surface area contributed by atoms with Crippen molar-refractivity contribution in [2.45, 2.75) is 19.3 Å². The molecule has 1 aromatic carbocycles. The number of hydrogen-bond donors (Lipinski definition) is 1. The number of carbonyl (C=O) groups is 1. The second-order valence-corrected chi connectivity index (χ2v) is 8.51. The quantitative estimate of drug-likeness (QED) is 0.342. The maximum Gasteiger partial charge on any atom is 0.243 e. The Morgan fingerprint density at radius 2 is 2.03 bits per heavy atom. The van der Waals surface area contributed by atoms with Gasteiger partial charge in [0.15, 0.2) is 5.96 Å². The van der Waals surface area contributed by atoms with E-state index in [9.17, 15) is 4.79 Å². The topological polar surface area (TPSA) is 47.9 Å². The first-order valence-corrected chi connectivity index (χ1v) is 10.8. The van der Waals surface area contributed by atoms with Crippen molar-refractivity contribution in [1.82, 2.24) is 15.1 Å². The molecule has 1 N–H and O–H groups in total. The van der Waals surface area contributed by atoms with Crippen LogP contribution in [0.5, 0.6) is 0 Å². The SMILES string of the molecule is CN(C)C(=O)CN=C(NCCc1cccs1)N1CCC(Cc2ccccc2)C1.I. The highest BCUT2D eigenvalue weighted by molar-refractivity contribution is 14.0. The Hall–Kier alpha value is -1.61. The molecule has 1 aliphatic heterocycles. The van der Waals surface area contributed by atoms with Crippen molar-refractivity contribution < 1.29 is 4.79 Å². The zero-order valence-corrected chi connectivity index (χ0v) is 20.4. The zero-order valence-electron chi connectivity index (χ0n) is 17.2. The smallest absolute Gasteiger partial charge is 0.243 e. The first-order chi connectivity index (χ1) is 13.6. The summed E-state index contributed by atoms with van der Waals surface area (Å²) in [6.07, 6.45) is 3.22. The van der Waals surface area contributed by atoms with Gasteiger partial charge in [0, 0.05) is 38.6 Å². The molecule has 0 radical (unpaired) electrons. The number of likely N-dealkylation sites (tertiary alicyclic amines) is 1. The number of guanidine groups is 1. The van der Waals surface area contributed by atoms with E-state index in [2.05, 4.69) is 63.1 Å². The molecule has 3 rings (SSSR count). The van der Waals surface area contributed by atoms with Crippen LogP contribution in [0.15, 0.2) is 52.8 Å². The van der Waals surface area contributed by atoms with Gasteiger partial charge in [-0.05, 0) is 42.2 Å². The number of carbonyl (C=O) groups excluding carboxylic acids is 1. The van der Waals surface area contributed by atoms with Crippen LogP contribution in [0, 0.1) is 5.92 Å². The van der Waals surface area contributed by atoms with Crippen LogP contribution >= 0.6 is 35.3 Å². The highest BCUT2D eigenvalue weighted by Crippen LogP contribution is 2.21. The number of benzene rings is 1. The maximum atomic E-state index is 12.0. The van der Waals surface area contributed by atoms with Gasteiger partial charge in [0.1, 0.15) is 6.54 Å². The minimum atomic E-state index is 0. The third kappa shape index (κ3) is 7.62. The molecule has 1 unspecified atom stereocenters. The summed E-state index contributed by atoms with van der Waals surface area (Å²) >= 11 is 1.78. The Kier molecular flexibility index (Phi) is 9.93. The molecule has 0 bridgehead atoms. The van der Waals surface area contributed by atoms with E-state index >= 15 is 0 Å². The molecule has 1 fully saturated rings. The molecule has 0 saturated carbocycles. The molecule has 2 aromatic rings. The van der Waals surface area contributed by atoms with Crippen LogP contribution in [-0.2, 0) is 17.6 Å². The maximum absolute atomic E-state index is 12.0. The Bertz CT molecular complexity index is 764. The summed E-state index contributed by atoms with van der Waals surface area (Å²) < 4.78 is 0. The van der Waals surface area contributed by atoms with Gasteiger partial charge in [-0.15, -0.1) is 35.3 Å². The average Bonchev–Trinajstić information content (AvgIpc) is 3.37. The van der Waals surface area contributed by atoms with Gasteiger partial charge in [0.25, 0.3) is 0 Å². The molecular formula is C22H31IN4OS. The summed E-state index contributed by atoms with van der Waals surface area (Å²) in [6, 6.07) is 14.9. The minimum Gasteiger partial charge on any atom is -0.356 e. The second kappa shape index (κ2) is 12.2. The number of thiophene rings is 1. The van der Waals surface area contributed by atoms with Gasteiger partial charge in [-0.3, -0.25) is 4.79 Å². The van der Waals surface area contributed by atoms with E-state index in [0.717, 1.165) is 44.9 Å². The summed E-state index contributed by atoms with van der Waals surface area (Å²) in [5.41, 5.74) is 1.39. The number of amides is 1. The van der Waals surface area contributed by atoms with Gasteiger partial charge in [-0.1, -0.05) is 36.4 Å². The van der Waals surface area contributed by atoms with E-state index in [4.69, 9.17) is 0 Å². The van der Waals surface area contributed by atoms with E-state index in [1.807, 2.05) is 0 Å². The molecule has 2 heterocycles. The molecular weight excluding hydrogens is 495 g/mol. The normalized spacial score (nSPS) is 16.4. The third-order valence-corrected chi connectivity index (χ3v) is 5.99. The van der Waals surface area contributed by atoms with Crippen molar-refractivity contribution in [3.63, 3.8) is 0 Å². The lowest BCUT2D eigenvalue weighted by Gasteiger charge is -2.22. The number of hydrogen-bond acceptors (Lipinski definition) is 3. The third-order valence-electron chi connectivity index (χ3n) is 5.05. The molecule has 29 heavy (non-hydrogen) atoms. The fraction of sp³-hybridized carbons (Fsp3) is 0.455. The molecule has 5 nitrogen and oxygen atoms in total. The Balaban J connectivity index is 0.00000300. The highest BCUT2D eigenvalue weighted by atomic mass is 127. The van der Waals surface area contributed by atoms with Crippen LogP contribution in [0.25, 0.3) is 0 Å². The van der Waals surface area contributed by atoms with E-state index < -0.39 is 0 Å². The largest absolute Gasteiger partial charge is 0.356 e. The van der Waals surface area contributed by atoms with Crippen LogP contribution < -0.4 is 5.32 Å². The Morgan fingerprint density at radius 3 is 2.72 bits per heavy atom. The first kappa shape index (κ1) is 23.7. The van der Waals surface area contributed by atoms with Gasteiger partial charge >= 0.3 is 0 Å². The fourth-order valence-electron chi connectivity index (χ4n) is 3.44. The van der Waals surface area contributed by atoms with Gasteiger partial charge in [-0.2, -0.15) is 0 Å². The fourth-order valence-corrected chi connectivity index (χ4v) is 4.15. The van der Waals surface area contributed by atoms with Crippen molar-refractivity contribution in [3.8, 4) is 0 Å². The van der Waals surface area contributed by atoms with Crippen molar-refractivity contribution in [3.05, 3.63) is 58.3 Å². The van der Waals surface area contributed by atoms with Crippen LogP contribution in [0.1, 0.15) is 16.9 Å². The summed E-state index contributed by atoms with van der Waals surface area (Å²) in [7, 11) is 3.54. The van der Waals surface area contributed by atoms with Crippen molar-refractivity contribution in [2.75, 3.05) is 40.3 Å². The lowest BCUT2D eigenvalue weighted by molar-refractivity contribution is -0.127. The number of likely N-dealkylation sites (N-methyl/N-ethyl adjacent to an activating group) is 1. The summed E-state index contributed by atoms with van der Waals surface area (Å²) in [5, 5.41) is 5.60. The van der Waals surface area contributed by atoms with Gasteiger partial charge in [0.05, 0.1) is 0 Å². The summed E-state index contributed by atoms with van der Waals surface area (Å²) in [4.78, 5) is 21.9. The Morgan fingerprint density at radius 1 is 1.24 bits per heavy atom. The Labute approximate surface area is 195 Å². The van der Waals surface area contributed by atoms with Gasteiger partial charge in [0.2, 0.25) is 5.91 Å². The van der Waals surface area contributed by atoms with Crippen LogP contribution in [0.4, 0.5) is 0 Å². The van der Waals surface area contributed by atoms with Crippen molar-refractivity contribution in [1.29, 1.82) is 0 Å². The van der Waals surface area contributed by atoms with Crippen LogP contribution in [-0.4, -0.2) is 61.9 Å². The predicted octanol–water partition coefficient (Wildman–Crippen LogP) is 3.51. The summed E-state index contributed by atoms with van der Waals surface area (Å²) in [5.74, 6) is 1.51. The lowest BCUT2D eigenvalue weighted by Crippen LogP contribution is -2.42. The number of nitrogens with one attached hydrogen (secondary N) is 1. The number of rotatable bonds is 7. The molecule has 1 saturated heterocycles. The summed E-state index contributed by atoms with van der Waals surface area (Å²) in [6.45, 7) is 2.98. The number of aliphatic imine (C=N–C) groups is 1. The highest BCUT2D eigenvalue weighted by Gasteiger charge is 2.25. The minimum absolute atomic E-state index is 0. The van der Waals surface area contributed by atoms with E-state index in [1.54, 1.807) is 30.3 Å². The number of halogens is 1. The molecule has 0 spiro atoms. The molecule has 0 aliphatic carbocycles. The van der Waals surface area contributed by atoms with Crippen molar-refractivity contribution >= 4 is 47.2 Å². The molecule has 1 aliphatic rings. The average molecular weight is 526 g/mol. The second-order valence-electron chi connectivity index (χ2n) is 7.47. The molecule has 7 heteroatoms. The van der Waals surface area contributed by atoms with Gasteiger partial charge < -0.3 is 15.1 Å². The molecule has 158 valence electrons. The number of nitrogens with zero attached hydrogens (tertiary/aromatic N) is 3. The monoisotopic (exact) mass is 526 g/mol. The van der Waals surface area contributed by atoms with Gasteiger partial charge in [-0.25, -0.2) is 4.99 Å². The standard InChI is InChI=1S/C22H30N4OS.HI/c1-25(2)21(27)16-24-22(23-12-10-20-9-6-14-28-20)26-13-11-19(17-26)15-18-7-4-3-5-8-18;/h3-9,14,19H,10-13,15-17H2,1-2H3,(H,23,24);1H. The lowest BCUT2D eigenvalue weighted by atomic mass is 9.99. The van der Waals surface area contributed by atoms with E-state index in [-0.39, 0.29) is 36.4 Å². The predicted molar refractivity (Wildman–Crippen MR) is 132 cm³/mol.